The summed E-state index contributed by atoms with van der Waals surface area (Å²) in [4.78, 5) is 37.5. The van der Waals surface area contributed by atoms with Gasteiger partial charge >= 0.3 is 11.9 Å². The highest BCUT2D eigenvalue weighted by atomic mass is 16.5. The quantitative estimate of drug-likeness (QED) is 0.153. The Morgan fingerprint density at radius 3 is 2.14 bits per heavy atom. The molecule has 0 saturated heterocycles. The molecule has 0 saturated carbocycles. The number of hydrogen-bond acceptors (Lipinski definition) is 5. The van der Waals surface area contributed by atoms with Gasteiger partial charge in [0, 0.05) is 0 Å². The number of ketones is 1. The number of aromatic carboxylic acids is 1. The second-order valence-corrected chi connectivity index (χ2v) is 7.61. The lowest BCUT2D eigenvalue weighted by Crippen LogP contribution is -2.11. The van der Waals surface area contributed by atoms with E-state index in [-0.39, 0.29) is 22.6 Å². The van der Waals surface area contributed by atoms with E-state index < -0.39 is 17.7 Å². The van der Waals surface area contributed by atoms with Gasteiger partial charge in [-0.3, -0.25) is 4.79 Å². The molecule has 0 bridgehead atoms. The van der Waals surface area contributed by atoms with Crippen molar-refractivity contribution in [2.45, 2.75) is 0 Å². The molecule has 2 N–H and O–H groups in total. The number of phenols is 1. The van der Waals surface area contributed by atoms with Gasteiger partial charge in [-0.2, -0.15) is 0 Å². The van der Waals surface area contributed by atoms with Gasteiger partial charge in [-0.25, -0.2) is 9.59 Å². The van der Waals surface area contributed by atoms with Crippen molar-refractivity contribution < 1.29 is 29.3 Å². The van der Waals surface area contributed by atoms with Gasteiger partial charge in [0.2, 0.25) is 0 Å². The topological polar surface area (TPSA) is 101 Å². The Balaban J connectivity index is 1.74. The fourth-order valence-electron chi connectivity index (χ4n) is 3.48. The molecule has 0 amide bonds. The number of rotatable bonds is 7. The van der Waals surface area contributed by atoms with Crippen LogP contribution in [0.15, 0.2) is 103 Å². The summed E-state index contributed by atoms with van der Waals surface area (Å²) in [5.74, 6) is -2.03. The number of esters is 1. The van der Waals surface area contributed by atoms with Crippen LogP contribution < -0.4 is 4.74 Å². The average Bonchev–Trinajstić information content (AvgIpc) is 2.88. The molecule has 172 valence electrons. The molecule has 4 aromatic rings. The van der Waals surface area contributed by atoms with Crippen molar-refractivity contribution >= 4 is 23.8 Å². The van der Waals surface area contributed by atoms with Crippen LogP contribution in [0.25, 0.3) is 17.2 Å². The lowest BCUT2D eigenvalue weighted by Gasteiger charge is -2.12. The van der Waals surface area contributed by atoms with Crippen LogP contribution in [0.3, 0.4) is 0 Å². The SMILES string of the molecule is O=C(Oc1cc(-c2ccccc2C(=O)O)ccc1C(=O)/C=C/c1ccc(O)cc1)c1ccccc1. The van der Waals surface area contributed by atoms with E-state index in [4.69, 9.17) is 4.74 Å². The number of aromatic hydroxyl groups is 1. The van der Waals surface area contributed by atoms with Gasteiger partial charge in [0.1, 0.15) is 11.5 Å². The van der Waals surface area contributed by atoms with Gasteiger partial charge in [0.15, 0.2) is 5.78 Å². The monoisotopic (exact) mass is 464 g/mol. The summed E-state index contributed by atoms with van der Waals surface area (Å²) in [6.45, 7) is 0. The Kier molecular flexibility index (Phi) is 6.83. The predicted octanol–water partition coefficient (Wildman–Crippen LogP) is 5.87. The lowest BCUT2D eigenvalue weighted by atomic mass is 9.97. The van der Waals surface area contributed by atoms with Crippen molar-refractivity contribution in [1.29, 1.82) is 0 Å². The number of allylic oxidation sites excluding steroid dienone is 1. The molecular weight excluding hydrogens is 444 g/mol. The number of hydrogen-bond donors (Lipinski definition) is 2. The molecule has 0 unspecified atom stereocenters. The first-order valence-corrected chi connectivity index (χ1v) is 10.7. The number of carboxylic acids is 1. The van der Waals surface area contributed by atoms with Gasteiger partial charge in [0.05, 0.1) is 16.7 Å². The zero-order chi connectivity index (χ0) is 24.8. The zero-order valence-corrected chi connectivity index (χ0v) is 18.4. The van der Waals surface area contributed by atoms with E-state index in [0.717, 1.165) is 0 Å². The molecule has 0 radical (unpaired) electrons. The molecule has 0 aliphatic heterocycles. The third-order valence-electron chi connectivity index (χ3n) is 5.25. The third-order valence-corrected chi connectivity index (χ3v) is 5.25. The Hall–Kier alpha value is -4.97. The van der Waals surface area contributed by atoms with Crippen molar-refractivity contribution in [3.05, 3.63) is 125 Å². The van der Waals surface area contributed by atoms with Crippen molar-refractivity contribution in [2.24, 2.45) is 0 Å². The molecule has 0 aliphatic rings. The second kappa shape index (κ2) is 10.3. The van der Waals surface area contributed by atoms with E-state index in [9.17, 15) is 24.6 Å². The van der Waals surface area contributed by atoms with Gasteiger partial charge < -0.3 is 14.9 Å². The van der Waals surface area contributed by atoms with Crippen LogP contribution in [0.4, 0.5) is 0 Å². The van der Waals surface area contributed by atoms with Crippen molar-refractivity contribution in [2.75, 3.05) is 0 Å². The predicted molar refractivity (Wildman–Crippen MR) is 132 cm³/mol. The largest absolute Gasteiger partial charge is 0.508 e. The van der Waals surface area contributed by atoms with Crippen LogP contribution in [0.1, 0.15) is 36.6 Å². The maximum absolute atomic E-state index is 13.0. The number of phenolic OH excluding ortho intramolecular Hbond substituents is 1. The maximum Gasteiger partial charge on any atom is 0.343 e. The summed E-state index contributed by atoms with van der Waals surface area (Å²) in [7, 11) is 0. The second-order valence-electron chi connectivity index (χ2n) is 7.61. The number of ether oxygens (including phenoxy) is 1. The van der Waals surface area contributed by atoms with Gasteiger partial charge in [-0.1, -0.05) is 60.7 Å². The zero-order valence-electron chi connectivity index (χ0n) is 18.4. The highest BCUT2D eigenvalue weighted by molar-refractivity contribution is 6.10. The van der Waals surface area contributed by atoms with E-state index >= 15 is 0 Å². The molecule has 0 atom stereocenters. The molecule has 0 aromatic heterocycles. The molecule has 0 heterocycles. The molecule has 4 rings (SSSR count). The van der Waals surface area contributed by atoms with E-state index in [1.807, 2.05) is 0 Å². The minimum absolute atomic E-state index is 0.0110. The summed E-state index contributed by atoms with van der Waals surface area (Å²) >= 11 is 0. The molecule has 0 fully saturated rings. The molecule has 6 nitrogen and oxygen atoms in total. The normalized spacial score (nSPS) is 10.7. The van der Waals surface area contributed by atoms with Crippen molar-refractivity contribution in [1.82, 2.24) is 0 Å². The minimum Gasteiger partial charge on any atom is -0.508 e. The van der Waals surface area contributed by atoms with Crippen LogP contribution >= 0.6 is 0 Å². The lowest BCUT2D eigenvalue weighted by molar-refractivity contribution is 0.0694. The summed E-state index contributed by atoms with van der Waals surface area (Å²) in [6.07, 6.45) is 2.92. The summed E-state index contributed by atoms with van der Waals surface area (Å²) in [5, 5.41) is 19.0. The van der Waals surface area contributed by atoms with Gasteiger partial charge in [-0.15, -0.1) is 0 Å². The first-order chi connectivity index (χ1) is 16.9. The highest BCUT2D eigenvalue weighted by Gasteiger charge is 2.18. The first-order valence-electron chi connectivity index (χ1n) is 10.7. The van der Waals surface area contributed by atoms with Crippen LogP contribution in [-0.4, -0.2) is 27.9 Å². The molecule has 35 heavy (non-hydrogen) atoms. The summed E-state index contributed by atoms with van der Waals surface area (Å²) in [5.41, 5.74) is 2.14. The molecule has 4 aromatic carbocycles. The number of benzene rings is 4. The van der Waals surface area contributed by atoms with E-state index in [1.54, 1.807) is 72.8 Å². The van der Waals surface area contributed by atoms with Crippen LogP contribution in [0.2, 0.25) is 0 Å². The van der Waals surface area contributed by atoms with Crippen LogP contribution in [-0.2, 0) is 0 Å². The maximum atomic E-state index is 13.0. The minimum atomic E-state index is -1.10. The average molecular weight is 464 g/mol. The molecule has 6 heteroatoms. The van der Waals surface area contributed by atoms with E-state index in [2.05, 4.69) is 0 Å². The standard InChI is InChI=1S/C29H20O6/c30-22-14-10-19(11-15-22)12-17-26(31)25-16-13-21(23-8-4-5-9-24(23)28(32)33)18-27(25)35-29(34)20-6-2-1-3-7-20/h1-18,30H,(H,32,33)/b17-12+. The fraction of sp³-hybridized carbons (Fsp3) is 0. The molecule has 0 aliphatic carbocycles. The Morgan fingerprint density at radius 1 is 0.743 bits per heavy atom. The van der Waals surface area contributed by atoms with Gasteiger partial charge in [0.25, 0.3) is 0 Å². The van der Waals surface area contributed by atoms with Crippen molar-refractivity contribution in [3.63, 3.8) is 0 Å². The van der Waals surface area contributed by atoms with Crippen LogP contribution in [0, 0.1) is 0 Å². The number of carbonyl (C=O) groups is 3. The Labute approximate surface area is 201 Å². The number of carbonyl (C=O) groups excluding carboxylic acids is 2. The van der Waals surface area contributed by atoms with Crippen molar-refractivity contribution in [3.8, 4) is 22.6 Å². The van der Waals surface area contributed by atoms with Crippen LogP contribution in [0.5, 0.6) is 11.5 Å². The summed E-state index contributed by atoms with van der Waals surface area (Å²) in [6, 6.07) is 25.7. The fourth-order valence-corrected chi connectivity index (χ4v) is 3.48. The van der Waals surface area contributed by atoms with E-state index in [0.29, 0.717) is 22.3 Å². The smallest absolute Gasteiger partial charge is 0.343 e. The third kappa shape index (κ3) is 5.51. The summed E-state index contributed by atoms with van der Waals surface area (Å²) < 4.78 is 5.61. The Bertz CT molecular complexity index is 1420. The Morgan fingerprint density at radius 2 is 1.43 bits per heavy atom. The molecule has 0 spiro atoms. The highest BCUT2D eigenvalue weighted by Crippen LogP contribution is 2.31. The molecular formula is C29H20O6. The number of carboxylic acid groups (broad SMARTS) is 1. The van der Waals surface area contributed by atoms with E-state index in [1.165, 1.54) is 36.4 Å². The first kappa shape index (κ1) is 23.2. The van der Waals surface area contributed by atoms with Gasteiger partial charge in [-0.05, 0) is 65.2 Å².